The Labute approximate surface area is 133 Å². The van der Waals surface area contributed by atoms with Gasteiger partial charge < -0.3 is 14.8 Å². The van der Waals surface area contributed by atoms with E-state index in [4.69, 9.17) is 4.74 Å². The van der Waals surface area contributed by atoms with Crippen LogP contribution in [0.2, 0.25) is 0 Å². The third kappa shape index (κ3) is 5.57. The molecule has 0 heterocycles. The maximum atomic E-state index is 11.8. The molecular formula is C15H20N2O6. The van der Waals surface area contributed by atoms with Crippen LogP contribution in [0.4, 0.5) is 10.5 Å². The molecule has 1 N–H and O–H groups in total. The fraction of sp³-hybridized carbons (Fsp3) is 0.467. The van der Waals surface area contributed by atoms with Gasteiger partial charge in [0.2, 0.25) is 0 Å². The summed E-state index contributed by atoms with van der Waals surface area (Å²) in [6.45, 7) is 5.38. The summed E-state index contributed by atoms with van der Waals surface area (Å²) in [5.41, 5.74) is -0.632. The number of nitro benzene ring substituents is 1. The summed E-state index contributed by atoms with van der Waals surface area (Å²) in [7, 11) is 1.15. The van der Waals surface area contributed by atoms with Gasteiger partial charge in [0.05, 0.1) is 12.0 Å². The number of nitro groups is 1. The summed E-state index contributed by atoms with van der Waals surface area (Å²) in [6.07, 6.45) is -0.367. The molecular weight excluding hydrogens is 304 g/mol. The number of amides is 1. The predicted molar refractivity (Wildman–Crippen MR) is 82.4 cm³/mol. The fourth-order valence-corrected chi connectivity index (χ4v) is 1.90. The van der Waals surface area contributed by atoms with E-state index < -0.39 is 22.6 Å². The second kappa shape index (κ2) is 7.57. The Hall–Kier alpha value is -2.64. The molecule has 1 aromatic rings. The molecule has 0 aromatic heterocycles. The number of nitrogens with one attached hydrogen (secondary N) is 1. The van der Waals surface area contributed by atoms with Gasteiger partial charge in [-0.15, -0.1) is 0 Å². The molecule has 126 valence electrons. The van der Waals surface area contributed by atoms with Crippen LogP contribution in [-0.4, -0.2) is 36.2 Å². The van der Waals surface area contributed by atoms with Crippen molar-refractivity contribution in [2.75, 3.05) is 13.7 Å². The topological polar surface area (TPSA) is 108 Å². The molecule has 0 saturated heterocycles. The highest BCUT2D eigenvalue weighted by molar-refractivity contribution is 5.95. The van der Waals surface area contributed by atoms with E-state index in [0.717, 1.165) is 7.11 Å². The van der Waals surface area contributed by atoms with E-state index in [0.29, 0.717) is 5.56 Å². The van der Waals surface area contributed by atoms with Crippen molar-refractivity contribution in [3.05, 3.63) is 39.4 Å². The number of carbonyl (C=O) groups excluding carboxylic acids is 2. The average Bonchev–Trinajstić information content (AvgIpc) is 2.44. The summed E-state index contributed by atoms with van der Waals surface area (Å²) in [6, 6.07) is 4.29. The van der Waals surface area contributed by atoms with Crippen molar-refractivity contribution in [1.82, 2.24) is 5.32 Å². The number of nitrogens with zero attached hydrogens (tertiary/aromatic N) is 1. The number of carbonyl (C=O) groups is 2. The molecule has 0 unspecified atom stereocenters. The van der Waals surface area contributed by atoms with Crippen LogP contribution < -0.4 is 5.32 Å². The molecule has 0 atom stereocenters. The summed E-state index contributed by atoms with van der Waals surface area (Å²) < 4.78 is 9.69. The van der Waals surface area contributed by atoms with Gasteiger partial charge >= 0.3 is 12.1 Å². The van der Waals surface area contributed by atoms with Gasteiger partial charge in [0.15, 0.2) is 0 Å². The zero-order valence-corrected chi connectivity index (χ0v) is 13.5. The van der Waals surface area contributed by atoms with Crippen LogP contribution in [0.25, 0.3) is 0 Å². The maximum Gasteiger partial charge on any atom is 0.407 e. The number of ether oxygens (including phenoxy) is 2. The van der Waals surface area contributed by atoms with Crippen molar-refractivity contribution in [2.24, 2.45) is 0 Å². The van der Waals surface area contributed by atoms with Gasteiger partial charge in [0.25, 0.3) is 5.69 Å². The van der Waals surface area contributed by atoms with Crippen LogP contribution in [0.1, 0.15) is 36.7 Å². The van der Waals surface area contributed by atoms with Crippen molar-refractivity contribution in [3.8, 4) is 0 Å². The van der Waals surface area contributed by atoms with Crippen LogP contribution >= 0.6 is 0 Å². The first-order valence-corrected chi connectivity index (χ1v) is 6.97. The van der Waals surface area contributed by atoms with E-state index in [1.165, 1.54) is 12.1 Å². The van der Waals surface area contributed by atoms with Crippen molar-refractivity contribution in [1.29, 1.82) is 0 Å². The molecule has 1 amide bonds. The minimum Gasteiger partial charge on any atom is -0.465 e. The Morgan fingerprint density at radius 1 is 1.30 bits per heavy atom. The molecule has 8 heteroatoms. The van der Waals surface area contributed by atoms with Crippen LogP contribution in [0, 0.1) is 10.1 Å². The van der Waals surface area contributed by atoms with Crippen molar-refractivity contribution >= 4 is 17.7 Å². The molecule has 0 spiro atoms. The SMILES string of the molecule is COC(=O)c1c(CCNC(=O)OC(C)(C)C)cccc1[N+](=O)[O-]. The van der Waals surface area contributed by atoms with E-state index in [9.17, 15) is 19.7 Å². The predicted octanol–water partition coefficient (Wildman–Crippen LogP) is 2.45. The minimum atomic E-state index is -0.787. The second-order valence-corrected chi connectivity index (χ2v) is 5.74. The largest absolute Gasteiger partial charge is 0.465 e. The van der Waals surface area contributed by atoms with Crippen molar-refractivity contribution in [3.63, 3.8) is 0 Å². The minimum absolute atomic E-state index is 0.106. The number of alkyl carbamates (subject to hydrolysis) is 1. The van der Waals surface area contributed by atoms with Gasteiger partial charge in [0.1, 0.15) is 11.2 Å². The Balaban J connectivity index is 2.85. The first kappa shape index (κ1) is 18.4. The smallest absolute Gasteiger partial charge is 0.407 e. The van der Waals surface area contributed by atoms with Gasteiger partial charge in [-0.25, -0.2) is 9.59 Å². The number of hydrogen-bond acceptors (Lipinski definition) is 6. The highest BCUT2D eigenvalue weighted by Gasteiger charge is 2.24. The van der Waals surface area contributed by atoms with E-state index >= 15 is 0 Å². The summed E-state index contributed by atoms with van der Waals surface area (Å²) >= 11 is 0. The summed E-state index contributed by atoms with van der Waals surface area (Å²) in [5.74, 6) is -0.787. The number of methoxy groups -OCH3 is 1. The quantitative estimate of drug-likeness (QED) is 0.506. The third-order valence-electron chi connectivity index (χ3n) is 2.78. The van der Waals surface area contributed by atoms with E-state index in [2.05, 4.69) is 10.1 Å². The first-order valence-electron chi connectivity index (χ1n) is 6.97. The lowest BCUT2D eigenvalue weighted by Crippen LogP contribution is -2.33. The summed E-state index contributed by atoms with van der Waals surface area (Å²) in [4.78, 5) is 33.8. The highest BCUT2D eigenvalue weighted by atomic mass is 16.6. The second-order valence-electron chi connectivity index (χ2n) is 5.74. The van der Waals surface area contributed by atoms with Gasteiger partial charge in [-0.1, -0.05) is 12.1 Å². The molecule has 0 aliphatic rings. The third-order valence-corrected chi connectivity index (χ3v) is 2.78. The molecule has 0 fully saturated rings. The standard InChI is InChI=1S/C15H20N2O6/c1-15(2,3)23-14(19)16-9-8-10-6-5-7-11(17(20)21)12(10)13(18)22-4/h5-7H,8-9H2,1-4H3,(H,16,19). The number of esters is 1. The van der Waals surface area contributed by atoms with Gasteiger partial charge in [-0.2, -0.15) is 0 Å². The van der Waals surface area contributed by atoms with Crippen LogP contribution in [-0.2, 0) is 15.9 Å². The molecule has 1 rings (SSSR count). The first-order chi connectivity index (χ1) is 10.7. The Morgan fingerprint density at radius 3 is 2.48 bits per heavy atom. The maximum absolute atomic E-state index is 11.8. The summed E-state index contributed by atoms with van der Waals surface area (Å²) in [5, 5.41) is 13.6. The molecule has 0 aliphatic carbocycles. The molecule has 23 heavy (non-hydrogen) atoms. The van der Waals surface area contributed by atoms with Crippen LogP contribution in [0.5, 0.6) is 0 Å². The Kier molecular flexibility index (Phi) is 6.06. The monoisotopic (exact) mass is 324 g/mol. The van der Waals surface area contributed by atoms with Gasteiger partial charge in [0, 0.05) is 12.6 Å². The molecule has 0 aliphatic heterocycles. The molecule has 0 saturated carbocycles. The van der Waals surface area contributed by atoms with E-state index in [1.54, 1.807) is 26.8 Å². The average molecular weight is 324 g/mol. The van der Waals surface area contributed by atoms with E-state index in [1.807, 2.05) is 0 Å². The van der Waals surface area contributed by atoms with Gasteiger partial charge in [-0.3, -0.25) is 10.1 Å². The van der Waals surface area contributed by atoms with E-state index in [-0.39, 0.29) is 24.2 Å². The zero-order chi connectivity index (χ0) is 17.6. The van der Waals surface area contributed by atoms with Crippen LogP contribution in [0.15, 0.2) is 18.2 Å². The van der Waals surface area contributed by atoms with Crippen LogP contribution in [0.3, 0.4) is 0 Å². The van der Waals surface area contributed by atoms with Crippen molar-refractivity contribution < 1.29 is 24.0 Å². The number of rotatable bonds is 5. The highest BCUT2D eigenvalue weighted by Crippen LogP contribution is 2.23. The lowest BCUT2D eigenvalue weighted by Gasteiger charge is -2.19. The Morgan fingerprint density at radius 2 is 1.96 bits per heavy atom. The number of hydrogen-bond donors (Lipinski definition) is 1. The fourth-order valence-electron chi connectivity index (χ4n) is 1.90. The van der Waals surface area contributed by atoms with Gasteiger partial charge in [-0.05, 0) is 32.8 Å². The lowest BCUT2D eigenvalue weighted by atomic mass is 10.0. The van der Waals surface area contributed by atoms with Crippen molar-refractivity contribution in [2.45, 2.75) is 32.8 Å². The molecule has 1 aromatic carbocycles. The zero-order valence-electron chi connectivity index (χ0n) is 13.5. The lowest BCUT2D eigenvalue weighted by molar-refractivity contribution is -0.385. The molecule has 0 bridgehead atoms. The molecule has 0 radical (unpaired) electrons. The molecule has 8 nitrogen and oxygen atoms in total. The number of benzene rings is 1. The Bertz CT molecular complexity index is 606. The normalized spacial score (nSPS) is 10.8.